The normalized spacial score (nSPS) is 11.7. The maximum Gasteiger partial charge on any atom is 0.190 e. The third-order valence-corrected chi connectivity index (χ3v) is 19.2. The number of aromatic nitrogens is 4. The zero-order valence-corrected chi connectivity index (χ0v) is 35.8. The van der Waals surface area contributed by atoms with Crippen LogP contribution in [0.3, 0.4) is 0 Å². The van der Waals surface area contributed by atoms with Gasteiger partial charge in [-0.25, -0.2) is 0 Å². The van der Waals surface area contributed by atoms with E-state index in [0.29, 0.717) is 0 Å². The summed E-state index contributed by atoms with van der Waals surface area (Å²) in [5.74, 6) is 1.77. The molecule has 62 heavy (non-hydrogen) atoms. The third-order valence-electron chi connectivity index (χ3n) is 11.3. The van der Waals surface area contributed by atoms with Crippen molar-refractivity contribution in [3.63, 3.8) is 0 Å². The van der Waals surface area contributed by atoms with Crippen LogP contribution in [0.5, 0.6) is 0 Å². The molecular weight excluding hydrogens is 799 g/mol. The standard InChI is InChI=1S/C52H46N8P2/c1-7-23-41(24-8-1)53-51-47-35-19-21-37-49(47)55-59(51)57-61(43-27-11-3-12-28-43,44-29-13-4-14-30-44)39-40-62(45-31-15-5-16-32-45,46-33-17-6-18-34-46)58-60-52(54-42-25-9-2-10-26-42)48-36-20-22-38-50(48)56-60/h1-38,53-54,57-58H,39-40H2/q+2. The Balaban J connectivity index is 1.17. The molecule has 0 amide bonds. The quantitative estimate of drug-likeness (QED) is 0.0770. The molecule has 8 aromatic carbocycles. The number of para-hydroxylation sites is 2. The molecule has 10 aromatic rings. The molecule has 2 aromatic heterocycles. The molecule has 10 rings (SSSR count). The van der Waals surface area contributed by atoms with Crippen molar-refractivity contribution in [2.75, 3.05) is 33.3 Å². The minimum atomic E-state index is -2.59. The van der Waals surface area contributed by atoms with Gasteiger partial charge in [-0.1, -0.05) is 133 Å². The second kappa shape index (κ2) is 17.4. The average molecular weight is 845 g/mol. The van der Waals surface area contributed by atoms with Crippen LogP contribution in [0, 0.1) is 0 Å². The Kier molecular flexibility index (Phi) is 10.9. The van der Waals surface area contributed by atoms with E-state index in [1.165, 1.54) is 21.2 Å². The van der Waals surface area contributed by atoms with Crippen LogP contribution >= 0.6 is 14.8 Å². The lowest BCUT2D eigenvalue weighted by atomic mass is 10.2. The van der Waals surface area contributed by atoms with Crippen LogP contribution in [0.2, 0.25) is 0 Å². The highest BCUT2D eigenvalue weighted by molar-refractivity contribution is 7.93. The van der Waals surface area contributed by atoms with Crippen LogP contribution in [0.25, 0.3) is 21.8 Å². The first-order valence-electron chi connectivity index (χ1n) is 20.8. The van der Waals surface area contributed by atoms with Crippen LogP contribution in [0.1, 0.15) is 0 Å². The Hall–Kier alpha value is -7.24. The van der Waals surface area contributed by atoms with Gasteiger partial charge in [-0.2, -0.15) is 10.4 Å². The van der Waals surface area contributed by atoms with Crippen molar-refractivity contribution in [3.8, 4) is 0 Å². The lowest BCUT2D eigenvalue weighted by Gasteiger charge is -2.33. The molecule has 0 atom stereocenters. The number of benzene rings is 8. The van der Waals surface area contributed by atoms with E-state index in [2.05, 4.69) is 227 Å². The molecular formula is C52H46N8P2+2. The van der Waals surface area contributed by atoms with E-state index in [-0.39, 0.29) is 0 Å². The van der Waals surface area contributed by atoms with Crippen LogP contribution in [-0.2, 0) is 0 Å². The van der Waals surface area contributed by atoms with Crippen molar-refractivity contribution < 1.29 is 0 Å². The van der Waals surface area contributed by atoms with Crippen LogP contribution < -0.4 is 42.2 Å². The van der Waals surface area contributed by atoms with Crippen molar-refractivity contribution in [2.45, 2.75) is 0 Å². The fourth-order valence-corrected chi connectivity index (χ4v) is 16.6. The number of hydrogen-bond acceptors (Lipinski definition) is 6. The molecule has 0 spiro atoms. The van der Waals surface area contributed by atoms with Crippen molar-refractivity contribution in [2.24, 2.45) is 0 Å². The first-order chi connectivity index (χ1) is 30.7. The highest BCUT2D eigenvalue weighted by Gasteiger charge is 2.53. The predicted molar refractivity (Wildman–Crippen MR) is 266 cm³/mol. The fourth-order valence-electron chi connectivity index (χ4n) is 8.27. The molecule has 0 saturated carbocycles. The monoisotopic (exact) mass is 844 g/mol. The highest BCUT2D eigenvalue weighted by Crippen LogP contribution is 2.61. The number of nitrogens with zero attached hydrogens (tertiary/aromatic N) is 4. The summed E-state index contributed by atoms with van der Waals surface area (Å²) in [7, 11) is -5.19. The zero-order chi connectivity index (χ0) is 41.6. The molecule has 0 radical (unpaired) electrons. The molecule has 0 saturated heterocycles. The number of anilines is 4. The van der Waals surface area contributed by atoms with Crippen molar-refractivity contribution in [1.82, 2.24) is 19.8 Å². The van der Waals surface area contributed by atoms with Gasteiger partial charge in [0.2, 0.25) is 0 Å². The molecule has 2 heterocycles. The lowest BCUT2D eigenvalue weighted by molar-refractivity contribution is 0.846. The van der Waals surface area contributed by atoms with Gasteiger partial charge in [0.1, 0.15) is 33.5 Å². The van der Waals surface area contributed by atoms with Crippen molar-refractivity contribution >= 4 is 80.9 Å². The van der Waals surface area contributed by atoms with E-state index >= 15 is 0 Å². The first kappa shape index (κ1) is 38.9. The molecule has 0 aliphatic heterocycles. The fraction of sp³-hybridized carbons (Fsp3) is 0.0385. The molecule has 302 valence electrons. The molecule has 0 bridgehead atoms. The highest BCUT2D eigenvalue weighted by atomic mass is 31.2. The van der Waals surface area contributed by atoms with Gasteiger partial charge < -0.3 is 10.6 Å². The number of hydrogen-bond donors (Lipinski definition) is 4. The van der Waals surface area contributed by atoms with E-state index in [4.69, 9.17) is 10.2 Å². The summed E-state index contributed by atoms with van der Waals surface area (Å²) in [6.45, 7) is 0. The summed E-state index contributed by atoms with van der Waals surface area (Å²) in [5.41, 5.74) is 3.77. The second-order valence-electron chi connectivity index (χ2n) is 15.1. The van der Waals surface area contributed by atoms with Crippen LogP contribution in [-0.4, -0.2) is 32.1 Å². The number of rotatable bonds is 15. The second-order valence-corrected chi connectivity index (χ2v) is 21.7. The Morgan fingerprint density at radius 2 is 0.597 bits per heavy atom. The maximum atomic E-state index is 5.29. The molecule has 0 aliphatic carbocycles. The Morgan fingerprint density at radius 1 is 0.323 bits per heavy atom. The van der Waals surface area contributed by atoms with Crippen LogP contribution in [0.4, 0.5) is 23.0 Å². The Labute approximate surface area is 363 Å². The SMILES string of the molecule is c1ccc(Nc2c3ccccc3nn2N[P+](CC[P+](Nn2nc3ccccc3c2Nc2ccccc2)(c2ccccc2)c2ccccc2)(c2ccccc2)c2ccccc2)cc1. The van der Waals surface area contributed by atoms with Gasteiger partial charge in [0.05, 0.1) is 11.0 Å². The zero-order valence-electron chi connectivity index (χ0n) is 34.0. The van der Waals surface area contributed by atoms with Gasteiger partial charge in [-0.3, -0.25) is 0 Å². The number of nitrogens with one attached hydrogen (secondary N) is 4. The Bertz CT molecular complexity index is 2730. The van der Waals surface area contributed by atoms with Gasteiger partial charge in [-0.15, -0.1) is 19.8 Å². The lowest BCUT2D eigenvalue weighted by Crippen LogP contribution is -2.40. The molecule has 8 nitrogen and oxygen atoms in total. The van der Waals surface area contributed by atoms with Gasteiger partial charge in [0.15, 0.2) is 26.5 Å². The first-order valence-corrected chi connectivity index (χ1v) is 24.8. The molecule has 4 N–H and O–H groups in total. The number of fused-ring (bicyclic) bond motifs is 2. The minimum absolute atomic E-state index is 0.773. The van der Waals surface area contributed by atoms with Gasteiger partial charge in [0, 0.05) is 22.1 Å². The topological polar surface area (TPSA) is 83.8 Å². The summed E-state index contributed by atoms with van der Waals surface area (Å²) in [5, 5.41) is 33.5. The van der Waals surface area contributed by atoms with E-state index in [0.717, 1.165) is 57.1 Å². The summed E-state index contributed by atoms with van der Waals surface area (Å²) in [4.78, 5) is 4.01. The Morgan fingerprint density at radius 3 is 0.919 bits per heavy atom. The summed E-state index contributed by atoms with van der Waals surface area (Å²) in [6.07, 6.45) is 1.55. The maximum absolute atomic E-state index is 5.29. The smallest absolute Gasteiger partial charge is 0.190 e. The van der Waals surface area contributed by atoms with Crippen LogP contribution in [0.15, 0.2) is 231 Å². The van der Waals surface area contributed by atoms with E-state index in [1.54, 1.807) is 0 Å². The molecule has 0 aliphatic rings. The molecule has 0 fully saturated rings. The predicted octanol–water partition coefficient (Wildman–Crippen LogP) is 10.8. The summed E-state index contributed by atoms with van der Waals surface area (Å²) in [6, 6.07) is 81.2. The molecule has 10 heteroatoms. The minimum Gasteiger partial charge on any atom is -0.338 e. The van der Waals surface area contributed by atoms with Crippen molar-refractivity contribution in [1.29, 1.82) is 0 Å². The van der Waals surface area contributed by atoms with E-state index < -0.39 is 14.8 Å². The molecule has 0 unspecified atom stereocenters. The van der Waals surface area contributed by atoms with Crippen molar-refractivity contribution in [3.05, 3.63) is 231 Å². The average Bonchev–Trinajstić information content (AvgIpc) is 3.87. The summed E-state index contributed by atoms with van der Waals surface area (Å²) >= 11 is 0. The largest absolute Gasteiger partial charge is 0.338 e. The van der Waals surface area contributed by atoms with Gasteiger partial charge in [-0.05, 0) is 97.1 Å². The van der Waals surface area contributed by atoms with Gasteiger partial charge >= 0.3 is 0 Å². The van der Waals surface area contributed by atoms with Gasteiger partial charge in [0.25, 0.3) is 0 Å². The third kappa shape index (κ3) is 7.67. The van der Waals surface area contributed by atoms with E-state index in [9.17, 15) is 0 Å². The summed E-state index contributed by atoms with van der Waals surface area (Å²) < 4.78 is 0. The van der Waals surface area contributed by atoms with E-state index in [1.807, 2.05) is 33.8 Å².